The third-order valence-corrected chi connectivity index (χ3v) is 3.03. The maximum Gasteiger partial charge on any atom is 0.397 e. The number of benzene rings is 1. The molecule has 2 amide bonds. The largest absolute Gasteiger partial charge is 0.459 e. The van der Waals surface area contributed by atoms with Crippen LogP contribution in [0.1, 0.15) is 19.4 Å². The molecule has 0 saturated heterocycles. The monoisotopic (exact) mass is 367 g/mol. The Balaban J connectivity index is 3.10. The number of amides is 2. The second-order valence-electron chi connectivity index (χ2n) is 4.35. The van der Waals surface area contributed by atoms with E-state index in [1.165, 1.54) is 26.0 Å². The summed E-state index contributed by atoms with van der Waals surface area (Å²) in [5.41, 5.74) is -0.210. The van der Waals surface area contributed by atoms with Gasteiger partial charge < -0.3 is 20.1 Å². The summed E-state index contributed by atoms with van der Waals surface area (Å²) < 4.78 is 9.07. The number of anilines is 2. The van der Waals surface area contributed by atoms with E-state index in [1.807, 2.05) is 0 Å². The van der Waals surface area contributed by atoms with Crippen LogP contribution in [0.4, 0.5) is 11.4 Å². The van der Waals surface area contributed by atoms with Crippen LogP contribution in [0, 0.1) is 11.3 Å². The lowest BCUT2D eigenvalue weighted by Gasteiger charge is -2.12. The van der Waals surface area contributed by atoms with Crippen LogP contribution in [0.5, 0.6) is 0 Å². The second kappa shape index (κ2) is 9.24. The third-order valence-electron chi connectivity index (χ3n) is 2.62. The average molecular weight is 368 g/mol. The van der Waals surface area contributed by atoms with Crippen LogP contribution in [0.25, 0.3) is 0 Å². The van der Waals surface area contributed by atoms with Gasteiger partial charge in [0.15, 0.2) is 0 Å². The van der Waals surface area contributed by atoms with E-state index >= 15 is 0 Å². The van der Waals surface area contributed by atoms with E-state index in [1.54, 1.807) is 6.07 Å². The Morgan fingerprint density at radius 3 is 1.72 bits per heavy atom. The molecule has 0 atom stereocenters. The van der Waals surface area contributed by atoms with Crippen molar-refractivity contribution in [2.45, 2.75) is 13.8 Å². The van der Waals surface area contributed by atoms with Crippen LogP contribution in [0.15, 0.2) is 12.1 Å². The van der Waals surface area contributed by atoms with Gasteiger partial charge >= 0.3 is 23.8 Å². The number of halogens is 1. The lowest BCUT2D eigenvalue weighted by atomic mass is 10.1. The summed E-state index contributed by atoms with van der Waals surface area (Å²) in [5.74, 6) is -4.50. The molecular formula is C15H14ClN3O6. The van der Waals surface area contributed by atoms with Gasteiger partial charge in [0.1, 0.15) is 0 Å². The van der Waals surface area contributed by atoms with Crippen LogP contribution in [-0.2, 0) is 28.7 Å². The van der Waals surface area contributed by atoms with E-state index in [2.05, 4.69) is 20.1 Å². The standard InChI is InChI=1S/C15H14ClN3O6/c1-3-24-14(22)12(20)18-9-5-8(7-17)6-10(11(9)16)19-13(21)15(23)25-4-2/h5-6H,3-4H2,1-2H3,(H,18,20)(H,19,21). The number of nitriles is 1. The number of ether oxygens (including phenoxy) is 2. The van der Waals surface area contributed by atoms with Gasteiger partial charge in [-0.25, -0.2) is 9.59 Å². The number of hydrogen-bond donors (Lipinski definition) is 2. The zero-order valence-corrected chi connectivity index (χ0v) is 14.1. The normalized spacial score (nSPS) is 9.52. The number of carbonyl (C=O) groups excluding carboxylic acids is 4. The maximum absolute atomic E-state index is 11.7. The summed E-state index contributed by atoms with van der Waals surface area (Å²) in [5, 5.41) is 13.2. The molecule has 0 aromatic heterocycles. The highest BCUT2D eigenvalue weighted by Gasteiger charge is 2.21. The number of rotatable bonds is 4. The molecule has 0 aliphatic rings. The molecule has 0 spiro atoms. The Labute approximate surface area is 147 Å². The zero-order chi connectivity index (χ0) is 19.0. The molecule has 0 unspecified atom stereocenters. The molecule has 9 nitrogen and oxygen atoms in total. The smallest absolute Gasteiger partial charge is 0.397 e. The summed E-state index contributed by atoms with van der Waals surface area (Å²) in [6.45, 7) is 3.05. The number of carbonyl (C=O) groups is 4. The van der Waals surface area contributed by atoms with Crippen LogP contribution >= 0.6 is 11.6 Å². The lowest BCUT2D eigenvalue weighted by molar-refractivity contribution is -0.152. The first-order valence-electron chi connectivity index (χ1n) is 7.03. The van der Waals surface area contributed by atoms with Crippen LogP contribution < -0.4 is 10.6 Å². The van der Waals surface area contributed by atoms with Gasteiger partial charge in [0.2, 0.25) is 0 Å². The minimum absolute atomic E-state index is 0.000924. The van der Waals surface area contributed by atoms with Gasteiger partial charge in [-0.05, 0) is 26.0 Å². The van der Waals surface area contributed by atoms with Gasteiger partial charge in [0.05, 0.1) is 41.2 Å². The SMILES string of the molecule is CCOC(=O)C(=O)Nc1cc(C#N)cc(NC(=O)C(=O)OCC)c1Cl. The van der Waals surface area contributed by atoms with E-state index in [0.717, 1.165) is 0 Å². The molecule has 0 bridgehead atoms. The van der Waals surface area contributed by atoms with Crippen molar-refractivity contribution in [3.63, 3.8) is 0 Å². The molecule has 132 valence electrons. The van der Waals surface area contributed by atoms with E-state index < -0.39 is 23.8 Å². The molecule has 0 fully saturated rings. The average Bonchev–Trinajstić information content (AvgIpc) is 2.58. The highest BCUT2D eigenvalue weighted by molar-refractivity contribution is 6.43. The molecular weight excluding hydrogens is 354 g/mol. The number of hydrogen-bond acceptors (Lipinski definition) is 7. The molecule has 0 aliphatic carbocycles. The Morgan fingerprint density at radius 1 is 1.00 bits per heavy atom. The minimum atomic E-state index is -1.14. The van der Waals surface area contributed by atoms with Crippen LogP contribution in [0.3, 0.4) is 0 Å². The number of esters is 2. The fourth-order valence-corrected chi connectivity index (χ4v) is 1.81. The molecule has 1 aromatic carbocycles. The van der Waals surface area contributed by atoms with Crippen molar-refractivity contribution in [3.05, 3.63) is 22.7 Å². The van der Waals surface area contributed by atoms with Gasteiger partial charge in [-0.15, -0.1) is 0 Å². The Bertz CT molecular complexity index is 703. The van der Waals surface area contributed by atoms with Crippen molar-refractivity contribution in [2.75, 3.05) is 23.8 Å². The fraction of sp³-hybridized carbons (Fsp3) is 0.267. The van der Waals surface area contributed by atoms with Crippen molar-refractivity contribution < 1.29 is 28.7 Å². The van der Waals surface area contributed by atoms with Crippen LogP contribution in [-0.4, -0.2) is 37.0 Å². The maximum atomic E-state index is 11.7. The van der Waals surface area contributed by atoms with Gasteiger partial charge in [-0.3, -0.25) is 9.59 Å². The summed E-state index contributed by atoms with van der Waals surface area (Å²) in [6.07, 6.45) is 0. The zero-order valence-electron chi connectivity index (χ0n) is 13.3. The Hall–Kier alpha value is -3.12. The lowest BCUT2D eigenvalue weighted by Crippen LogP contribution is -2.26. The van der Waals surface area contributed by atoms with Gasteiger partial charge in [-0.2, -0.15) is 5.26 Å². The molecule has 2 N–H and O–H groups in total. The minimum Gasteiger partial charge on any atom is -0.459 e. The predicted molar refractivity (Wildman–Crippen MR) is 86.7 cm³/mol. The van der Waals surface area contributed by atoms with Crippen molar-refractivity contribution in [2.24, 2.45) is 0 Å². The first kappa shape index (κ1) is 19.9. The molecule has 0 radical (unpaired) electrons. The van der Waals surface area contributed by atoms with Crippen molar-refractivity contribution in [1.29, 1.82) is 5.26 Å². The molecule has 0 saturated carbocycles. The number of nitrogens with zero attached hydrogens (tertiary/aromatic N) is 1. The van der Waals surface area contributed by atoms with Crippen molar-refractivity contribution in [1.82, 2.24) is 0 Å². The van der Waals surface area contributed by atoms with Crippen LogP contribution in [0.2, 0.25) is 5.02 Å². The third kappa shape index (κ3) is 5.47. The quantitative estimate of drug-likeness (QED) is 0.603. The molecule has 10 heteroatoms. The summed E-state index contributed by atoms with van der Waals surface area (Å²) in [4.78, 5) is 46.1. The topological polar surface area (TPSA) is 135 Å². The molecule has 1 aromatic rings. The predicted octanol–water partition coefficient (Wildman–Crippen LogP) is 1.21. The molecule has 25 heavy (non-hydrogen) atoms. The van der Waals surface area contributed by atoms with Crippen molar-refractivity contribution in [3.8, 4) is 6.07 Å². The fourth-order valence-electron chi connectivity index (χ4n) is 1.61. The first-order valence-corrected chi connectivity index (χ1v) is 7.41. The highest BCUT2D eigenvalue weighted by atomic mass is 35.5. The Morgan fingerprint density at radius 2 is 1.40 bits per heavy atom. The van der Waals surface area contributed by atoms with E-state index in [4.69, 9.17) is 16.9 Å². The summed E-state index contributed by atoms with van der Waals surface area (Å²) >= 11 is 6.05. The van der Waals surface area contributed by atoms with Gasteiger partial charge in [0, 0.05) is 0 Å². The van der Waals surface area contributed by atoms with E-state index in [9.17, 15) is 19.2 Å². The summed E-state index contributed by atoms with van der Waals surface area (Å²) in [6, 6.07) is 4.18. The molecule has 0 heterocycles. The Kier molecular flexibility index (Phi) is 7.37. The second-order valence-corrected chi connectivity index (χ2v) is 4.72. The molecule has 0 aliphatic heterocycles. The van der Waals surface area contributed by atoms with E-state index in [0.29, 0.717) is 0 Å². The van der Waals surface area contributed by atoms with Crippen molar-refractivity contribution >= 4 is 46.7 Å². The van der Waals surface area contributed by atoms with Gasteiger partial charge in [-0.1, -0.05) is 11.6 Å². The molecule has 1 rings (SSSR count). The van der Waals surface area contributed by atoms with E-state index in [-0.39, 0.29) is 35.2 Å². The highest BCUT2D eigenvalue weighted by Crippen LogP contribution is 2.32. The first-order chi connectivity index (χ1) is 11.8. The summed E-state index contributed by atoms with van der Waals surface area (Å²) in [7, 11) is 0. The van der Waals surface area contributed by atoms with Gasteiger partial charge in [0.25, 0.3) is 0 Å². The number of nitrogens with one attached hydrogen (secondary N) is 2.